The summed E-state index contributed by atoms with van der Waals surface area (Å²) in [6.45, 7) is 4.74. The molecule has 0 atom stereocenters. The minimum atomic E-state index is -0.202. The lowest BCUT2D eigenvalue weighted by molar-refractivity contribution is -0.122. The monoisotopic (exact) mass is 346 g/mol. The molecule has 6 heteroatoms. The van der Waals surface area contributed by atoms with Crippen LogP contribution >= 0.6 is 0 Å². The third-order valence-corrected chi connectivity index (χ3v) is 4.86. The number of benzene rings is 1. The number of guanidine groups is 1. The van der Waals surface area contributed by atoms with E-state index in [4.69, 9.17) is 4.99 Å². The van der Waals surface area contributed by atoms with Crippen LogP contribution in [0.3, 0.4) is 0 Å². The van der Waals surface area contributed by atoms with E-state index in [1.807, 2.05) is 19.1 Å². The number of nitrogens with zero attached hydrogens (tertiary/aromatic N) is 1. The highest BCUT2D eigenvalue weighted by Crippen LogP contribution is 2.48. The summed E-state index contributed by atoms with van der Waals surface area (Å²) < 4.78 is 13.1. The van der Waals surface area contributed by atoms with Crippen molar-refractivity contribution in [2.45, 2.75) is 38.0 Å². The number of hydrogen-bond donors (Lipinski definition) is 3. The Morgan fingerprint density at radius 3 is 2.44 bits per heavy atom. The normalized spacial score (nSPS) is 18.6. The van der Waals surface area contributed by atoms with Gasteiger partial charge in [0.1, 0.15) is 5.82 Å². The summed E-state index contributed by atoms with van der Waals surface area (Å²) in [6, 6.07) is 6.77. The van der Waals surface area contributed by atoms with Crippen LogP contribution in [-0.2, 0) is 10.2 Å². The summed E-state index contributed by atoms with van der Waals surface area (Å²) in [6.07, 6.45) is 4.21. The van der Waals surface area contributed by atoms with E-state index in [1.165, 1.54) is 12.1 Å². The first kappa shape index (κ1) is 17.7. The van der Waals surface area contributed by atoms with Crippen LogP contribution < -0.4 is 16.0 Å². The molecule has 2 aliphatic carbocycles. The van der Waals surface area contributed by atoms with Crippen molar-refractivity contribution in [3.63, 3.8) is 0 Å². The fraction of sp³-hybridized carbons (Fsp3) is 0.579. The molecule has 0 aliphatic heterocycles. The zero-order valence-electron chi connectivity index (χ0n) is 14.8. The molecule has 0 radical (unpaired) electrons. The average Bonchev–Trinajstić information content (AvgIpc) is 3.50. The van der Waals surface area contributed by atoms with Crippen molar-refractivity contribution < 1.29 is 9.18 Å². The summed E-state index contributed by atoms with van der Waals surface area (Å²) in [4.78, 5) is 16.3. The first-order chi connectivity index (χ1) is 12.1. The van der Waals surface area contributed by atoms with E-state index in [9.17, 15) is 9.18 Å². The van der Waals surface area contributed by atoms with Crippen molar-refractivity contribution in [3.05, 3.63) is 35.6 Å². The first-order valence-electron chi connectivity index (χ1n) is 9.19. The lowest BCUT2D eigenvalue weighted by Crippen LogP contribution is -2.42. The molecule has 0 saturated heterocycles. The van der Waals surface area contributed by atoms with Crippen LogP contribution in [0.4, 0.5) is 4.39 Å². The van der Waals surface area contributed by atoms with E-state index in [1.54, 1.807) is 0 Å². The summed E-state index contributed by atoms with van der Waals surface area (Å²) >= 11 is 0. The molecule has 1 aromatic rings. The van der Waals surface area contributed by atoms with Crippen molar-refractivity contribution in [1.29, 1.82) is 0 Å². The van der Waals surface area contributed by atoms with Crippen molar-refractivity contribution >= 4 is 11.9 Å². The molecule has 0 unspecified atom stereocenters. The van der Waals surface area contributed by atoms with E-state index < -0.39 is 0 Å². The van der Waals surface area contributed by atoms with Crippen LogP contribution in [0.25, 0.3) is 0 Å². The van der Waals surface area contributed by atoms with Gasteiger partial charge in [-0.05, 0) is 50.3 Å². The Morgan fingerprint density at radius 1 is 1.16 bits per heavy atom. The number of aliphatic imine (C=N–C) groups is 1. The van der Waals surface area contributed by atoms with Gasteiger partial charge in [0.15, 0.2) is 5.96 Å². The number of amides is 1. The van der Waals surface area contributed by atoms with Gasteiger partial charge in [0, 0.05) is 31.0 Å². The second kappa shape index (κ2) is 7.85. The molecule has 2 fully saturated rings. The van der Waals surface area contributed by atoms with E-state index in [-0.39, 0.29) is 23.1 Å². The molecular formula is C19H27FN4O. The smallest absolute Gasteiger partial charge is 0.223 e. The zero-order valence-corrected chi connectivity index (χ0v) is 14.8. The second-order valence-corrected chi connectivity index (χ2v) is 6.97. The fourth-order valence-corrected chi connectivity index (χ4v) is 2.92. The highest BCUT2D eigenvalue weighted by atomic mass is 19.1. The van der Waals surface area contributed by atoms with E-state index in [0.717, 1.165) is 43.8 Å². The minimum Gasteiger partial charge on any atom is -0.357 e. The molecule has 0 spiro atoms. The molecule has 5 nitrogen and oxygen atoms in total. The highest BCUT2D eigenvalue weighted by molar-refractivity contribution is 5.81. The van der Waals surface area contributed by atoms with Crippen molar-refractivity contribution in [2.24, 2.45) is 10.9 Å². The molecule has 1 aromatic carbocycles. The van der Waals surface area contributed by atoms with Gasteiger partial charge in [-0.15, -0.1) is 0 Å². The maximum atomic E-state index is 13.1. The van der Waals surface area contributed by atoms with E-state index in [2.05, 4.69) is 16.0 Å². The van der Waals surface area contributed by atoms with Crippen LogP contribution in [0.2, 0.25) is 0 Å². The van der Waals surface area contributed by atoms with Gasteiger partial charge in [-0.3, -0.25) is 9.79 Å². The molecule has 1 amide bonds. The number of rotatable bonds is 8. The van der Waals surface area contributed by atoms with Gasteiger partial charge in [0.05, 0.1) is 6.54 Å². The molecule has 25 heavy (non-hydrogen) atoms. The average molecular weight is 346 g/mol. The molecule has 0 bridgehead atoms. The van der Waals surface area contributed by atoms with Crippen molar-refractivity contribution in [1.82, 2.24) is 16.0 Å². The van der Waals surface area contributed by atoms with Crippen molar-refractivity contribution in [3.8, 4) is 0 Å². The number of carbonyl (C=O) groups excluding carboxylic acids is 1. The Hall–Kier alpha value is -2.11. The first-order valence-corrected chi connectivity index (χ1v) is 9.19. The molecule has 3 rings (SSSR count). The predicted octanol–water partition coefficient (Wildman–Crippen LogP) is 1.94. The third kappa shape index (κ3) is 4.94. The third-order valence-electron chi connectivity index (χ3n) is 4.86. The molecule has 3 N–H and O–H groups in total. The van der Waals surface area contributed by atoms with Crippen LogP contribution in [0.5, 0.6) is 0 Å². The molecule has 2 saturated carbocycles. The molecule has 0 heterocycles. The number of nitrogens with one attached hydrogen (secondary N) is 3. The zero-order chi connectivity index (χ0) is 17.7. The largest absolute Gasteiger partial charge is 0.357 e. The Morgan fingerprint density at radius 2 is 1.84 bits per heavy atom. The summed E-state index contributed by atoms with van der Waals surface area (Å²) in [5, 5.41) is 9.43. The molecule has 2 aliphatic rings. The van der Waals surface area contributed by atoms with Gasteiger partial charge in [0.2, 0.25) is 5.91 Å². The molecule has 136 valence electrons. The van der Waals surface area contributed by atoms with Gasteiger partial charge in [-0.2, -0.15) is 0 Å². The van der Waals surface area contributed by atoms with E-state index >= 15 is 0 Å². The van der Waals surface area contributed by atoms with Crippen LogP contribution in [-0.4, -0.2) is 38.0 Å². The van der Waals surface area contributed by atoms with Gasteiger partial charge >= 0.3 is 0 Å². The quantitative estimate of drug-likeness (QED) is 0.383. The molecular weight excluding hydrogens is 319 g/mol. The number of halogens is 1. The minimum absolute atomic E-state index is 0.0518. The second-order valence-electron chi connectivity index (χ2n) is 6.97. The van der Waals surface area contributed by atoms with E-state index in [0.29, 0.717) is 19.6 Å². The maximum absolute atomic E-state index is 13.1. The summed E-state index contributed by atoms with van der Waals surface area (Å²) in [5.41, 5.74) is 1.21. The lowest BCUT2D eigenvalue weighted by atomic mass is 9.96. The Bertz CT molecular complexity index is 621. The summed E-state index contributed by atoms with van der Waals surface area (Å²) in [5.74, 6) is 0.965. The van der Waals surface area contributed by atoms with Gasteiger partial charge in [-0.25, -0.2) is 4.39 Å². The SMILES string of the molecule is CCNC(=NCC1(c2ccc(F)cc2)CC1)NCCNC(=O)C1CC1. The highest BCUT2D eigenvalue weighted by Gasteiger charge is 2.44. The number of carbonyl (C=O) groups is 1. The standard InChI is InChI=1S/C19H27FN4O/c1-2-21-18(23-12-11-22-17(25)14-3-4-14)24-13-19(9-10-19)15-5-7-16(20)8-6-15/h5-8,14H,2-4,9-13H2,1H3,(H,22,25)(H2,21,23,24). The van der Waals surface area contributed by atoms with Crippen LogP contribution in [0, 0.1) is 11.7 Å². The summed E-state index contributed by atoms with van der Waals surface area (Å²) in [7, 11) is 0. The number of hydrogen-bond acceptors (Lipinski definition) is 2. The van der Waals surface area contributed by atoms with Gasteiger partial charge in [0.25, 0.3) is 0 Å². The fourth-order valence-electron chi connectivity index (χ4n) is 2.92. The molecule has 0 aromatic heterocycles. The van der Waals surface area contributed by atoms with Crippen LogP contribution in [0.15, 0.2) is 29.3 Å². The topological polar surface area (TPSA) is 65.5 Å². The van der Waals surface area contributed by atoms with Gasteiger partial charge in [-0.1, -0.05) is 12.1 Å². The maximum Gasteiger partial charge on any atom is 0.223 e. The Kier molecular flexibility index (Phi) is 5.56. The van der Waals surface area contributed by atoms with Gasteiger partial charge < -0.3 is 16.0 Å². The van der Waals surface area contributed by atoms with Crippen LogP contribution in [0.1, 0.15) is 38.2 Å². The van der Waals surface area contributed by atoms with Crippen molar-refractivity contribution in [2.75, 3.05) is 26.2 Å². The lowest BCUT2D eigenvalue weighted by Gasteiger charge is -2.16. The predicted molar refractivity (Wildman–Crippen MR) is 97.0 cm³/mol. The Labute approximate surface area is 148 Å². The Balaban J connectivity index is 1.49.